The van der Waals surface area contributed by atoms with Crippen LogP contribution in [0.5, 0.6) is 5.75 Å². The topological polar surface area (TPSA) is 73.6 Å². The molecule has 3 rings (SSSR count). The smallest absolute Gasteiger partial charge is 0.317 e. The fourth-order valence-corrected chi connectivity index (χ4v) is 3.13. The molecule has 25 heavy (non-hydrogen) atoms. The highest BCUT2D eigenvalue weighted by Crippen LogP contribution is 2.20. The zero-order chi connectivity index (χ0) is 18.0. The van der Waals surface area contributed by atoms with E-state index >= 15 is 0 Å². The van der Waals surface area contributed by atoms with Crippen LogP contribution < -0.4 is 10.2 Å². The van der Waals surface area contributed by atoms with Crippen LogP contribution in [0.15, 0.2) is 30.5 Å². The number of hydrogen-bond acceptors (Lipinski definition) is 4. The van der Waals surface area contributed by atoms with E-state index in [1.807, 2.05) is 48.8 Å². The first-order valence-electron chi connectivity index (χ1n) is 8.53. The molecule has 1 atom stereocenters. The summed E-state index contributed by atoms with van der Waals surface area (Å²) in [4.78, 5) is 16.6. The van der Waals surface area contributed by atoms with E-state index in [-0.39, 0.29) is 17.8 Å². The zero-order valence-electron chi connectivity index (χ0n) is 14.9. The highest BCUT2D eigenvalue weighted by Gasteiger charge is 2.23. The van der Waals surface area contributed by atoms with Crippen molar-refractivity contribution in [3.63, 3.8) is 0 Å². The second kappa shape index (κ2) is 7.04. The molecule has 2 aromatic rings. The van der Waals surface area contributed by atoms with Crippen LogP contribution >= 0.6 is 0 Å². The van der Waals surface area contributed by atoms with Gasteiger partial charge in [0.15, 0.2) is 0 Å². The minimum Gasteiger partial charge on any atom is -0.508 e. The fourth-order valence-electron chi connectivity index (χ4n) is 3.13. The maximum Gasteiger partial charge on any atom is 0.317 e. The summed E-state index contributed by atoms with van der Waals surface area (Å²) >= 11 is 0. The number of carbonyl (C=O) groups excluding carboxylic acids is 1. The van der Waals surface area contributed by atoms with Crippen molar-refractivity contribution in [2.24, 2.45) is 7.05 Å². The summed E-state index contributed by atoms with van der Waals surface area (Å²) in [5.74, 6) is 0.265. The monoisotopic (exact) mass is 343 g/mol. The number of rotatable bonds is 3. The Balaban J connectivity index is 1.54. The number of nitrogens with zero attached hydrogens (tertiary/aromatic N) is 4. The molecule has 0 saturated carbocycles. The molecule has 7 heteroatoms. The van der Waals surface area contributed by atoms with Crippen LogP contribution in [0.3, 0.4) is 0 Å². The highest BCUT2D eigenvalue weighted by atomic mass is 16.3. The van der Waals surface area contributed by atoms with Gasteiger partial charge in [0, 0.05) is 50.2 Å². The van der Waals surface area contributed by atoms with Crippen molar-refractivity contribution >= 4 is 11.7 Å². The molecule has 134 valence electrons. The summed E-state index contributed by atoms with van der Waals surface area (Å²) in [6.07, 6.45) is 1.81. The minimum absolute atomic E-state index is 0.0406. The molecule has 1 aliphatic rings. The molecule has 0 spiro atoms. The van der Waals surface area contributed by atoms with Crippen LogP contribution in [-0.4, -0.2) is 52.0 Å². The molecule has 0 aliphatic carbocycles. The molecule has 0 unspecified atom stereocenters. The molecular weight excluding hydrogens is 318 g/mol. The third-order valence-electron chi connectivity index (χ3n) is 4.86. The van der Waals surface area contributed by atoms with Gasteiger partial charge in [-0.3, -0.25) is 4.68 Å². The minimum atomic E-state index is -0.0728. The van der Waals surface area contributed by atoms with Crippen molar-refractivity contribution in [3.8, 4) is 5.75 Å². The number of nitrogens with one attached hydrogen (secondary N) is 1. The number of phenolic OH excluding ortho intramolecular Hbond substituents is 1. The molecule has 0 radical (unpaired) electrons. The van der Waals surface area contributed by atoms with Gasteiger partial charge in [-0.25, -0.2) is 4.79 Å². The van der Waals surface area contributed by atoms with Gasteiger partial charge in [0.2, 0.25) is 0 Å². The Morgan fingerprint density at radius 2 is 1.84 bits per heavy atom. The summed E-state index contributed by atoms with van der Waals surface area (Å²) in [6.45, 7) is 6.88. The molecular formula is C18H25N5O2. The number of aromatic nitrogens is 2. The van der Waals surface area contributed by atoms with Gasteiger partial charge in [0.1, 0.15) is 5.75 Å². The lowest BCUT2D eigenvalue weighted by Crippen LogP contribution is -2.52. The Labute approximate surface area is 147 Å². The first-order chi connectivity index (χ1) is 12.0. The first kappa shape index (κ1) is 17.1. The predicted molar refractivity (Wildman–Crippen MR) is 96.8 cm³/mol. The summed E-state index contributed by atoms with van der Waals surface area (Å²) in [5, 5.41) is 16.7. The number of aryl methyl sites for hydroxylation is 1. The van der Waals surface area contributed by atoms with Crippen LogP contribution in [0.1, 0.15) is 24.2 Å². The second-order valence-electron chi connectivity index (χ2n) is 6.47. The van der Waals surface area contributed by atoms with E-state index in [2.05, 4.69) is 15.3 Å². The van der Waals surface area contributed by atoms with Gasteiger partial charge in [-0.15, -0.1) is 0 Å². The SMILES string of the molecule is Cc1c([C@@H](C)NC(=O)N2CCN(c3ccc(O)cc3)CC2)cnn1C. The number of benzene rings is 1. The molecule has 1 aliphatic heterocycles. The Kier molecular flexibility index (Phi) is 4.83. The van der Waals surface area contributed by atoms with E-state index in [0.29, 0.717) is 13.1 Å². The number of carbonyl (C=O) groups is 1. The summed E-state index contributed by atoms with van der Waals surface area (Å²) in [6, 6.07) is 7.06. The highest BCUT2D eigenvalue weighted by molar-refractivity contribution is 5.75. The van der Waals surface area contributed by atoms with Gasteiger partial charge in [-0.05, 0) is 38.1 Å². The van der Waals surface area contributed by atoms with E-state index in [9.17, 15) is 9.90 Å². The molecule has 2 heterocycles. The van der Waals surface area contributed by atoms with E-state index < -0.39 is 0 Å². The van der Waals surface area contributed by atoms with E-state index in [4.69, 9.17) is 0 Å². The van der Waals surface area contributed by atoms with Crippen LogP contribution in [-0.2, 0) is 7.05 Å². The van der Waals surface area contributed by atoms with Gasteiger partial charge < -0.3 is 20.2 Å². The molecule has 1 aromatic carbocycles. The van der Waals surface area contributed by atoms with Gasteiger partial charge in [0.25, 0.3) is 0 Å². The molecule has 2 amide bonds. The zero-order valence-corrected chi connectivity index (χ0v) is 14.9. The predicted octanol–water partition coefficient (Wildman–Crippen LogP) is 2.03. The molecule has 1 saturated heterocycles. The van der Waals surface area contributed by atoms with E-state index in [1.165, 1.54) is 0 Å². The quantitative estimate of drug-likeness (QED) is 0.894. The van der Waals surface area contributed by atoms with E-state index in [1.54, 1.807) is 12.1 Å². The third kappa shape index (κ3) is 3.70. The Morgan fingerprint density at radius 3 is 2.40 bits per heavy atom. The Hall–Kier alpha value is -2.70. The summed E-state index contributed by atoms with van der Waals surface area (Å²) in [7, 11) is 1.90. The molecule has 0 bridgehead atoms. The van der Waals surface area contributed by atoms with Crippen molar-refractivity contribution < 1.29 is 9.90 Å². The second-order valence-corrected chi connectivity index (χ2v) is 6.47. The van der Waals surface area contributed by atoms with Crippen molar-refractivity contribution in [2.75, 3.05) is 31.1 Å². The Morgan fingerprint density at radius 1 is 1.20 bits per heavy atom. The lowest BCUT2D eigenvalue weighted by atomic mass is 10.1. The van der Waals surface area contributed by atoms with Crippen molar-refractivity contribution in [1.82, 2.24) is 20.0 Å². The van der Waals surface area contributed by atoms with Gasteiger partial charge in [-0.2, -0.15) is 5.10 Å². The average molecular weight is 343 g/mol. The van der Waals surface area contributed by atoms with Gasteiger partial charge in [0.05, 0.1) is 12.2 Å². The first-order valence-corrected chi connectivity index (χ1v) is 8.53. The van der Waals surface area contributed by atoms with Crippen molar-refractivity contribution in [2.45, 2.75) is 19.9 Å². The number of anilines is 1. The van der Waals surface area contributed by atoms with Crippen LogP contribution in [0.25, 0.3) is 0 Å². The van der Waals surface area contributed by atoms with Crippen LogP contribution in [0.4, 0.5) is 10.5 Å². The molecule has 1 fully saturated rings. The van der Waals surface area contributed by atoms with Crippen molar-refractivity contribution in [3.05, 3.63) is 41.7 Å². The summed E-state index contributed by atoms with van der Waals surface area (Å²) in [5.41, 5.74) is 3.17. The number of phenols is 1. The number of piperazine rings is 1. The Bertz CT molecular complexity index is 732. The van der Waals surface area contributed by atoms with E-state index in [0.717, 1.165) is 30.0 Å². The van der Waals surface area contributed by atoms with Crippen LogP contribution in [0.2, 0.25) is 0 Å². The average Bonchev–Trinajstić information content (AvgIpc) is 2.95. The summed E-state index contributed by atoms with van der Waals surface area (Å²) < 4.78 is 1.81. The number of amides is 2. The largest absolute Gasteiger partial charge is 0.508 e. The number of urea groups is 1. The lowest BCUT2D eigenvalue weighted by Gasteiger charge is -2.36. The maximum atomic E-state index is 12.5. The maximum absolute atomic E-state index is 12.5. The number of hydrogen-bond donors (Lipinski definition) is 2. The van der Waals surface area contributed by atoms with Gasteiger partial charge >= 0.3 is 6.03 Å². The lowest BCUT2D eigenvalue weighted by molar-refractivity contribution is 0.191. The van der Waals surface area contributed by atoms with Crippen LogP contribution in [0, 0.1) is 6.92 Å². The molecule has 2 N–H and O–H groups in total. The normalized spacial score (nSPS) is 16.0. The fraction of sp³-hybridized carbons (Fsp3) is 0.444. The standard InChI is InChI=1S/C18H25N5O2/c1-13(17-12-19-21(3)14(17)2)20-18(25)23-10-8-22(9-11-23)15-4-6-16(24)7-5-15/h4-7,12-13,24H,8-11H2,1-3H3,(H,20,25)/t13-/m1/s1. The third-order valence-corrected chi connectivity index (χ3v) is 4.86. The number of aromatic hydroxyl groups is 1. The molecule has 1 aromatic heterocycles. The van der Waals surface area contributed by atoms with Gasteiger partial charge in [-0.1, -0.05) is 0 Å². The molecule has 7 nitrogen and oxygen atoms in total. The van der Waals surface area contributed by atoms with Crippen molar-refractivity contribution in [1.29, 1.82) is 0 Å².